The van der Waals surface area contributed by atoms with Gasteiger partial charge in [-0.25, -0.2) is 9.78 Å². The van der Waals surface area contributed by atoms with Crippen LogP contribution in [0.2, 0.25) is 0 Å². The van der Waals surface area contributed by atoms with E-state index in [9.17, 15) is 9.59 Å². The van der Waals surface area contributed by atoms with E-state index in [1.54, 1.807) is 20.8 Å². The molecule has 0 saturated carbocycles. The van der Waals surface area contributed by atoms with Crippen molar-refractivity contribution in [1.82, 2.24) is 10.3 Å². The molecule has 2 N–H and O–H groups in total. The number of carboxylic acid groups (broad SMARTS) is 1. The molecule has 1 saturated heterocycles. The summed E-state index contributed by atoms with van der Waals surface area (Å²) >= 11 is 1.08. The average molecular weight is 342 g/mol. The highest BCUT2D eigenvalue weighted by Gasteiger charge is 2.23. The Morgan fingerprint density at radius 1 is 1.52 bits per heavy atom. The van der Waals surface area contributed by atoms with E-state index in [1.165, 1.54) is 0 Å². The molecule has 1 amide bonds. The lowest BCUT2D eigenvalue weighted by Gasteiger charge is -2.18. The number of amides is 1. The van der Waals surface area contributed by atoms with Crippen LogP contribution in [0.15, 0.2) is 0 Å². The van der Waals surface area contributed by atoms with Gasteiger partial charge in [-0.1, -0.05) is 0 Å². The van der Waals surface area contributed by atoms with Crippen LogP contribution in [0.1, 0.15) is 53.1 Å². The van der Waals surface area contributed by atoms with Gasteiger partial charge >= 0.3 is 5.97 Å². The molecular formula is C15H22N2O5S. The number of carbonyl (C=O) groups excluding carboxylic acids is 1. The van der Waals surface area contributed by atoms with E-state index in [4.69, 9.17) is 14.6 Å². The van der Waals surface area contributed by atoms with Crippen molar-refractivity contribution in [2.24, 2.45) is 0 Å². The molecule has 1 fully saturated rings. The third-order valence-corrected chi connectivity index (χ3v) is 4.99. The van der Waals surface area contributed by atoms with E-state index in [2.05, 4.69) is 10.3 Å². The Morgan fingerprint density at radius 3 is 2.83 bits per heavy atom. The van der Waals surface area contributed by atoms with Gasteiger partial charge in [0.1, 0.15) is 16.0 Å². The standard InChI is InChI=1S/C15H22N2O5S/c1-8-12(15(19)20)23-14(17-8)9(2)16-13(18)10(3)22-7-11-5-4-6-21-11/h9-11H,4-7H2,1-3H3,(H,16,18)(H,19,20). The van der Waals surface area contributed by atoms with Gasteiger partial charge in [-0.3, -0.25) is 4.79 Å². The maximum absolute atomic E-state index is 12.1. The number of thiazole rings is 1. The number of hydrogen-bond donors (Lipinski definition) is 2. The number of nitrogens with zero attached hydrogens (tertiary/aromatic N) is 1. The Hall–Kier alpha value is -1.51. The zero-order valence-electron chi connectivity index (χ0n) is 13.5. The van der Waals surface area contributed by atoms with Gasteiger partial charge in [-0.15, -0.1) is 11.3 Å². The molecule has 1 aromatic heterocycles. The molecule has 8 heteroatoms. The Morgan fingerprint density at radius 2 is 2.26 bits per heavy atom. The van der Waals surface area contributed by atoms with Crippen LogP contribution < -0.4 is 5.32 Å². The van der Waals surface area contributed by atoms with E-state index >= 15 is 0 Å². The van der Waals surface area contributed by atoms with E-state index < -0.39 is 12.1 Å². The van der Waals surface area contributed by atoms with Crippen molar-refractivity contribution in [3.63, 3.8) is 0 Å². The molecule has 128 valence electrons. The molecule has 2 heterocycles. The van der Waals surface area contributed by atoms with Gasteiger partial charge in [0.15, 0.2) is 0 Å². The molecule has 0 aromatic carbocycles. The molecule has 0 bridgehead atoms. The molecule has 2 rings (SSSR count). The third kappa shape index (κ3) is 4.73. The van der Waals surface area contributed by atoms with Gasteiger partial charge in [0, 0.05) is 6.61 Å². The quantitative estimate of drug-likeness (QED) is 0.785. The van der Waals surface area contributed by atoms with Gasteiger partial charge in [0.2, 0.25) is 5.91 Å². The summed E-state index contributed by atoms with van der Waals surface area (Å²) in [6.45, 7) is 6.26. The second-order valence-corrected chi connectivity index (χ2v) is 6.64. The van der Waals surface area contributed by atoms with Crippen LogP contribution in [-0.2, 0) is 14.3 Å². The van der Waals surface area contributed by atoms with Crippen LogP contribution >= 0.6 is 11.3 Å². The zero-order valence-corrected chi connectivity index (χ0v) is 14.3. The minimum atomic E-state index is -1.00. The van der Waals surface area contributed by atoms with Crippen LogP contribution in [0.3, 0.4) is 0 Å². The molecule has 23 heavy (non-hydrogen) atoms. The van der Waals surface area contributed by atoms with Crippen LogP contribution in [-0.4, -0.2) is 47.4 Å². The predicted molar refractivity (Wildman–Crippen MR) is 84.8 cm³/mol. The van der Waals surface area contributed by atoms with Crippen molar-refractivity contribution in [3.05, 3.63) is 15.6 Å². The van der Waals surface area contributed by atoms with E-state index in [0.717, 1.165) is 30.8 Å². The fourth-order valence-corrected chi connectivity index (χ4v) is 3.20. The fourth-order valence-electron chi connectivity index (χ4n) is 2.30. The average Bonchev–Trinajstić information content (AvgIpc) is 3.13. The topological polar surface area (TPSA) is 97.8 Å². The van der Waals surface area contributed by atoms with E-state index in [1.807, 2.05) is 0 Å². The largest absolute Gasteiger partial charge is 0.477 e. The highest BCUT2D eigenvalue weighted by Crippen LogP contribution is 2.23. The summed E-state index contributed by atoms with van der Waals surface area (Å²) in [6, 6.07) is -0.368. The lowest BCUT2D eigenvalue weighted by atomic mass is 10.2. The van der Waals surface area contributed by atoms with Crippen LogP contribution in [0.5, 0.6) is 0 Å². The molecule has 1 aliphatic heterocycles. The van der Waals surface area contributed by atoms with Crippen molar-refractivity contribution >= 4 is 23.2 Å². The molecule has 1 aromatic rings. The lowest BCUT2D eigenvalue weighted by molar-refractivity contribution is -0.134. The number of ether oxygens (including phenoxy) is 2. The van der Waals surface area contributed by atoms with Crippen molar-refractivity contribution < 1.29 is 24.2 Å². The Kier molecular flexibility index (Phi) is 6.09. The smallest absolute Gasteiger partial charge is 0.347 e. The first-order chi connectivity index (χ1) is 10.9. The van der Waals surface area contributed by atoms with Crippen molar-refractivity contribution in [2.45, 2.75) is 51.9 Å². The summed E-state index contributed by atoms with van der Waals surface area (Å²) in [5, 5.41) is 12.4. The number of nitrogens with one attached hydrogen (secondary N) is 1. The summed E-state index contributed by atoms with van der Waals surface area (Å²) in [5.41, 5.74) is 0.460. The molecule has 7 nitrogen and oxygen atoms in total. The predicted octanol–water partition coefficient (Wildman–Crippen LogP) is 1.91. The number of carbonyl (C=O) groups is 2. The van der Waals surface area contributed by atoms with Crippen molar-refractivity contribution in [1.29, 1.82) is 0 Å². The van der Waals surface area contributed by atoms with Gasteiger partial charge in [0.05, 0.1) is 24.4 Å². The van der Waals surface area contributed by atoms with E-state index in [0.29, 0.717) is 17.3 Å². The first-order valence-corrected chi connectivity index (χ1v) is 8.44. The number of aryl methyl sites for hydroxylation is 1. The number of aromatic carboxylic acids is 1. The second-order valence-electron chi connectivity index (χ2n) is 5.61. The maximum atomic E-state index is 12.1. The minimum absolute atomic E-state index is 0.0717. The van der Waals surface area contributed by atoms with Crippen LogP contribution in [0.4, 0.5) is 0 Å². The fraction of sp³-hybridized carbons (Fsp3) is 0.667. The van der Waals surface area contributed by atoms with Gasteiger partial charge in [-0.2, -0.15) is 0 Å². The van der Waals surface area contributed by atoms with E-state index in [-0.39, 0.29) is 22.9 Å². The number of hydrogen-bond acceptors (Lipinski definition) is 6. The second kappa shape index (κ2) is 7.85. The van der Waals surface area contributed by atoms with Gasteiger partial charge in [-0.05, 0) is 33.6 Å². The van der Waals surface area contributed by atoms with Crippen LogP contribution in [0, 0.1) is 6.92 Å². The molecule has 0 radical (unpaired) electrons. The monoisotopic (exact) mass is 342 g/mol. The number of carboxylic acids is 1. The summed E-state index contributed by atoms with van der Waals surface area (Å²) in [6.07, 6.45) is 1.46. The van der Waals surface area contributed by atoms with Gasteiger partial charge < -0.3 is 19.9 Å². The highest BCUT2D eigenvalue weighted by molar-refractivity contribution is 7.13. The number of aromatic nitrogens is 1. The molecule has 1 aliphatic rings. The molecule has 0 aliphatic carbocycles. The first-order valence-electron chi connectivity index (χ1n) is 7.62. The first kappa shape index (κ1) is 17.8. The maximum Gasteiger partial charge on any atom is 0.347 e. The SMILES string of the molecule is Cc1nc(C(C)NC(=O)C(C)OCC2CCCO2)sc1C(=O)O. The molecule has 3 atom stereocenters. The zero-order chi connectivity index (χ0) is 17.0. The van der Waals surface area contributed by atoms with Gasteiger partial charge in [0.25, 0.3) is 0 Å². The summed E-state index contributed by atoms with van der Waals surface area (Å²) < 4.78 is 11.0. The van der Waals surface area contributed by atoms with Crippen molar-refractivity contribution in [3.8, 4) is 0 Å². The minimum Gasteiger partial charge on any atom is -0.477 e. The number of rotatable bonds is 7. The third-order valence-electron chi connectivity index (χ3n) is 3.66. The van der Waals surface area contributed by atoms with Crippen molar-refractivity contribution in [2.75, 3.05) is 13.2 Å². The Labute approximate surface area is 139 Å². The van der Waals surface area contributed by atoms with Crippen LogP contribution in [0.25, 0.3) is 0 Å². The molecule has 3 unspecified atom stereocenters. The summed E-state index contributed by atoms with van der Waals surface area (Å²) in [7, 11) is 0. The lowest BCUT2D eigenvalue weighted by Crippen LogP contribution is -2.37. The summed E-state index contributed by atoms with van der Waals surface area (Å²) in [5.74, 6) is -1.25. The Balaban J connectivity index is 1.85. The Bertz CT molecular complexity index is 568. The highest BCUT2D eigenvalue weighted by atomic mass is 32.1. The molecular weight excluding hydrogens is 320 g/mol. The normalized spacial score (nSPS) is 20.2. The summed E-state index contributed by atoms with van der Waals surface area (Å²) in [4.78, 5) is 27.6. The molecule has 0 spiro atoms.